The molecule has 270 valence electrons. The highest BCUT2D eigenvalue weighted by Gasteiger charge is 2.14. The number of ether oxygens (including phenoxy) is 12. The van der Waals surface area contributed by atoms with Crippen LogP contribution in [0.1, 0.15) is 11.1 Å². The van der Waals surface area contributed by atoms with Crippen LogP contribution in [0.15, 0.2) is 48.2 Å². The van der Waals surface area contributed by atoms with Crippen LogP contribution in [0.25, 0.3) is 0 Å². The maximum Gasteiger partial charge on any atom is 0.354 e. The number of fused-ring (bicyclic) bond motifs is 2. The number of benzene rings is 2. The van der Waals surface area contributed by atoms with Crippen LogP contribution in [-0.2, 0) is 60.7 Å². The molecule has 4 rings (SSSR count). The van der Waals surface area contributed by atoms with Gasteiger partial charge in [-0.25, -0.2) is 9.59 Å². The van der Waals surface area contributed by atoms with Crippen molar-refractivity contribution in [1.82, 2.24) is 0 Å². The predicted molar refractivity (Wildman–Crippen MR) is 172 cm³/mol. The summed E-state index contributed by atoms with van der Waals surface area (Å²) in [6, 6.07) is 10.3. The highest BCUT2D eigenvalue weighted by molar-refractivity contribution is 5.95. The van der Waals surface area contributed by atoms with Crippen molar-refractivity contribution in [1.29, 1.82) is 0 Å². The summed E-state index contributed by atoms with van der Waals surface area (Å²) >= 11 is 0. The lowest BCUT2D eigenvalue weighted by molar-refractivity contribution is -0.142. The Morgan fingerprint density at radius 1 is 0.510 bits per heavy atom. The third-order valence-corrected chi connectivity index (χ3v) is 6.71. The average Bonchev–Trinajstić information content (AvgIpc) is 3.12. The second kappa shape index (κ2) is 22.5. The summed E-state index contributed by atoms with van der Waals surface area (Å²) in [5.74, 6) is 0.231. The normalized spacial score (nSPS) is 18.0. The first-order chi connectivity index (χ1) is 24.1. The van der Waals surface area contributed by atoms with E-state index in [4.69, 9.17) is 62.6 Å². The minimum Gasteiger partial charge on any atom is -0.487 e. The highest BCUT2D eigenvalue weighted by atomic mass is 16.6. The molecule has 2 aromatic carbocycles. The van der Waals surface area contributed by atoms with E-state index in [2.05, 4.69) is 0 Å². The Kier molecular flexibility index (Phi) is 17.3. The van der Waals surface area contributed by atoms with Crippen molar-refractivity contribution in [3.05, 3.63) is 59.3 Å². The lowest BCUT2D eigenvalue weighted by Crippen LogP contribution is -2.17. The molecular formula is C34H45NO14. The third kappa shape index (κ3) is 14.9. The van der Waals surface area contributed by atoms with Gasteiger partial charge in [-0.15, -0.1) is 0 Å². The largest absolute Gasteiger partial charge is 0.487 e. The Hall–Kier alpha value is -4.12. The van der Waals surface area contributed by atoms with Gasteiger partial charge in [-0.3, -0.25) is 0 Å². The Balaban J connectivity index is 1.26. The van der Waals surface area contributed by atoms with Gasteiger partial charge in [0.25, 0.3) is 0 Å². The van der Waals surface area contributed by atoms with E-state index in [0.29, 0.717) is 127 Å². The van der Waals surface area contributed by atoms with Crippen LogP contribution in [0.2, 0.25) is 0 Å². The van der Waals surface area contributed by atoms with Gasteiger partial charge < -0.3 is 62.6 Å². The molecule has 0 saturated carbocycles. The zero-order valence-electron chi connectivity index (χ0n) is 27.6. The average molecular weight is 692 g/mol. The summed E-state index contributed by atoms with van der Waals surface area (Å²) in [6.45, 7) is 6.11. The van der Waals surface area contributed by atoms with Crippen molar-refractivity contribution in [3.63, 3.8) is 0 Å². The van der Waals surface area contributed by atoms with Gasteiger partial charge in [-0.05, 0) is 35.4 Å². The molecule has 0 spiro atoms. The monoisotopic (exact) mass is 691 g/mol. The van der Waals surface area contributed by atoms with E-state index < -0.39 is 17.6 Å². The lowest BCUT2D eigenvalue weighted by atomic mass is 10.2. The van der Waals surface area contributed by atoms with E-state index in [-0.39, 0.29) is 26.4 Å². The van der Waals surface area contributed by atoms with E-state index in [0.717, 1.165) is 6.08 Å². The van der Waals surface area contributed by atoms with Crippen LogP contribution < -0.4 is 24.7 Å². The molecule has 15 heteroatoms. The molecule has 0 atom stereocenters. The van der Waals surface area contributed by atoms with Crippen LogP contribution >= 0.6 is 0 Å². The van der Waals surface area contributed by atoms with Crippen LogP contribution in [0.3, 0.4) is 0 Å². The van der Waals surface area contributed by atoms with Crippen LogP contribution in [0.5, 0.6) is 23.0 Å². The van der Waals surface area contributed by atoms with Gasteiger partial charge in [-0.2, -0.15) is 0 Å². The second-order valence-electron chi connectivity index (χ2n) is 10.4. The molecule has 0 amide bonds. The van der Waals surface area contributed by atoms with Gasteiger partial charge >= 0.3 is 11.9 Å². The quantitative estimate of drug-likeness (QED) is 0.344. The van der Waals surface area contributed by atoms with Crippen molar-refractivity contribution in [3.8, 4) is 23.0 Å². The minimum atomic E-state index is -0.886. The van der Waals surface area contributed by atoms with Crippen LogP contribution in [0.4, 0.5) is 0 Å². The number of esters is 2. The molecule has 2 N–H and O–H groups in total. The molecular weight excluding hydrogens is 646 g/mol. The molecule has 2 aliphatic heterocycles. The highest BCUT2D eigenvalue weighted by Crippen LogP contribution is 2.30. The summed E-state index contributed by atoms with van der Waals surface area (Å²) in [6.07, 6.45) is 0.876. The smallest absolute Gasteiger partial charge is 0.354 e. The Bertz CT molecular complexity index is 1320. The van der Waals surface area contributed by atoms with E-state index in [1.165, 1.54) is 0 Å². The van der Waals surface area contributed by atoms with Crippen LogP contribution in [0, 0.1) is 0 Å². The summed E-state index contributed by atoms with van der Waals surface area (Å²) < 4.78 is 66.8. The number of hydrogen-bond acceptors (Lipinski definition) is 15. The second-order valence-corrected chi connectivity index (χ2v) is 10.4. The molecule has 49 heavy (non-hydrogen) atoms. The first kappa shape index (κ1) is 37.7. The summed E-state index contributed by atoms with van der Waals surface area (Å²) in [5.41, 5.74) is 6.68. The topological polar surface area (TPSA) is 171 Å². The summed E-state index contributed by atoms with van der Waals surface area (Å²) in [5, 5.41) is 0. The van der Waals surface area contributed by atoms with Gasteiger partial charge in [0.15, 0.2) is 23.0 Å². The molecule has 0 saturated heterocycles. The van der Waals surface area contributed by atoms with E-state index >= 15 is 0 Å². The maximum atomic E-state index is 12.6. The standard InChI is InChI=1S/C34H45NO14/c35-28(34(37)49-25-27-2-4-30-32(22-27)47-20-16-43-12-8-39-6-10-41-14-18-45-30)23-33(36)48-24-26-1-3-29-31(21-26)46-19-15-42-11-7-38-5-9-40-13-17-44-29/h1-4,21-23H,5-20,24-25,35H2/b28-23-. The molecule has 0 unspecified atom stereocenters. The molecule has 0 aromatic heterocycles. The molecule has 0 fully saturated rings. The van der Waals surface area contributed by atoms with Gasteiger partial charge in [0.1, 0.15) is 45.3 Å². The molecule has 0 bridgehead atoms. The Labute approximate surface area is 285 Å². The molecule has 0 radical (unpaired) electrons. The van der Waals surface area contributed by atoms with Crippen molar-refractivity contribution >= 4 is 11.9 Å². The zero-order valence-corrected chi connectivity index (χ0v) is 27.6. The molecule has 15 nitrogen and oxygen atoms in total. The fraction of sp³-hybridized carbons (Fsp3) is 0.529. The molecule has 2 aliphatic rings. The Morgan fingerprint density at radius 2 is 0.857 bits per heavy atom. The first-order valence-corrected chi connectivity index (χ1v) is 16.1. The van der Waals surface area contributed by atoms with Gasteiger partial charge in [0.05, 0.1) is 85.4 Å². The number of hydrogen-bond donors (Lipinski definition) is 1. The van der Waals surface area contributed by atoms with Crippen molar-refractivity contribution in [2.24, 2.45) is 5.73 Å². The van der Waals surface area contributed by atoms with Crippen molar-refractivity contribution in [2.45, 2.75) is 13.2 Å². The van der Waals surface area contributed by atoms with Gasteiger partial charge in [0.2, 0.25) is 0 Å². The summed E-state index contributed by atoms with van der Waals surface area (Å²) in [4.78, 5) is 25.0. The van der Waals surface area contributed by atoms with Gasteiger partial charge in [-0.1, -0.05) is 12.1 Å². The lowest BCUT2D eigenvalue weighted by Gasteiger charge is -2.15. The fourth-order valence-corrected chi connectivity index (χ4v) is 4.29. The van der Waals surface area contributed by atoms with Crippen molar-refractivity contribution < 1.29 is 66.4 Å². The molecule has 2 aromatic rings. The summed E-state index contributed by atoms with van der Waals surface area (Å²) in [7, 11) is 0. The number of nitrogens with two attached hydrogens (primary N) is 1. The maximum absolute atomic E-state index is 12.6. The third-order valence-electron chi connectivity index (χ3n) is 6.71. The minimum absolute atomic E-state index is 0.104. The molecule has 0 aliphatic carbocycles. The fourth-order valence-electron chi connectivity index (χ4n) is 4.29. The van der Waals surface area contributed by atoms with E-state index in [1.54, 1.807) is 36.4 Å². The number of carbonyl (C=O) groups is 2. The van der Waals surface area contributed by atoms with E-state index in [1.807, 2.05) is 0 Å². The first-order valence-electron chi connectivity index (χ1n) is 16.1. The SMILES string of the molecule is N/C(=C\C(=O)OCc1ccc2c(c1)OCCOCCOCCOCCO2)C(=O)OCc1ccc2c(c1)OCCOCCOCCOCCO2. The van der Waals surface area contributed by atoms with Crippen LogP contribution in [-0.4, -0.2) is 118 Å². The Morgan fingerprint density at radius 3 is 1.27 bits per heavy atom. The number of rotatable bonds is 6. The number of carbonyl (C=O) groups excluding carboxylic acids is 2. The van der Waals surface area contributed by atoms with Crippen molar-refractivity contribution in [2.75, 3.05) is 106 Å². The predicted octanol–water partition coefficient (Wildman–Crippen LogP) is 1.96. The zero-order chi connectivity index (χ0) is 34.4. The molecule has 2 heterocycles. The van der Waals surface area contributed by atoms with Gasteiger partial charge in [0, 0.05) is 0 Å². The van der Waals surface area contributed by atoms with E-state index in [9.17, 15) is 9.59 Å².